The second-order valence-corrected chi connectivity index (χ2v) is 9.44. The van der Waals surface area contributed by atoms with Crippen molar-refractivity contribution in [2.24, 2.45) is 0 Å². The molecule has 0 bridgehead atoms. The molecular formula is C22H29N3O3S. The first-order chi connectivity index (χ1) is 13.8. The van der Waals surface area contributed by atoms with Gasteiger partial charge in [0.05, 0.1) is 10.9 Å². The summed E-state index contributed by atoms with van der Waals surface area (Å²) in [5.74, 6) is -0.268. The van der Waals surface area contributed by atoms with Gasteiger partial charge in [-0.15, -0.1) is 0 Å². The zero-order chi connectivity index (χ0) is 21.0. The van der Waals surface area contributed by atoms with Gasteiger partial charge in [0.2, 0.25) is 10.0 Å². The van der Waals surface area contributed by atoms with Crippen molar-refractivity contribution in [3.8, 4) is 0 Å². The average Bonchev–Trinajstić information content (AvgIpc) is 2.73. The van der Waals surface area contributed by atoms with E-state index in [9.17, 15) is 13.2 Å². The average molecular weight is 416 g/mol. The highest BCUT2D eigenvalue weighted by Gasteiger charge is 2.29. The largest absolute Gasteiger partial charge is 0.345 e. The summed E-state index contributed by atoms with van der Waals surface area (Å²) < 4.78 is 27.8. The number of benzene rings is 2. The van der Waals surface area contributed by atoms with Crippen LogP contribution in [-0.2, 0) is 10.0 Å². The highest BCUT2D eigenvalue weighted by Crippen LogP contribution is 2.23. The van der Waals surface area contributed by atoms with E-state index in [4.69, 9.17) is 0 Å². The maximum Gasteiger partial charge on any atom is 0.251 e. The second kappa shape index (κ2) is 9.07. The maximum atomic E-state index is 13.2. The van der Waals surface area contributed by atoms with Gasteiger partial charge in [-0.05, 0) is 43.7 Å². The van der Waals surface area contributed by atoms with Crippen LogP contribution >= 0.6 is 0 Å². The maximum absolute atomic E-state index is 13.2. The van der Waals surface area contributed by atoms with Crippen molar-refractivity contribution in [2.75, 3.05) is 33.2 Å². The van der Waals surface area contributed by atoms with E-state index in [0.29, 0.717) is 37.3 Å². The first-order valence-electron chi connectivity index (χ1n) is 9.98. The minimum atomic E-state index is -3.63. The van der Waals surface area contributed by atoms with E-state index in [-0.39, 0.29) is 16.8 Å². The van der Waals surface area contributed by atoms with Crippen molar-refractivity contribution in [3.63, 3.8) is 0 Å². The number of nitrogens with zero attached hydrogens (tertiary/aromatic N) is 2. The third-order valence-corrected chi connectivity index (χ3v) is 7.49. The number of carbonyl (C=O) groups is 1. The van der Waals surface area contributed by atoms with E-state index in [0.717, 1.165) is 12.0 Å². The van der Waals surface area contributed by atoms with Crippen LogP contribution in [0.25, 0.3) is 0 Å². The van der Waals surface area contributed by atoms with Crippen LogP contribution in [0, 0.1) is 6.92 Å². The molecule has 2 aromatic carbocycles. The van der Waals surface area contributed by atoms with Crippen LogP contribution in [0.4, 0.5) is 0 Å². The first-order valence-corrected chi connectivity index (χ1v) is 11.4. The summed E-state index contributed by atoms with van der Waals surface area (Å²) in [6.45, 7) is 6.10. The number of amides is 1. The molecule has 3 rings (SSSR count). The number of rotatable bonds is 6. The Hall–Kier alpha value is -2.22. The van der Waals surface area contributed by atoms with Gasteiger partial charge >= 0.3 is 0 Å². The summed E-state index contributed by atoms with van der Waals surface area (Å²) in [5.41, 5.74) is 2.04. The van der Waals surface area contributed by atoms with Crippen molar-refractivity contribution in [3.05, 3.63) is 65.2 Å². The normalized spacial score (nSPS) is 17.1. The smallest absolute Gasteiger partial charge is 0.251 e. The Morgan fingerprint density at radius 1 is 1.07 bits per heavy atom. The standard InChI is InChI=1S/C22H29N3O3S/c1-4-20(18-8-6-5-7-9-18)23-22(26)19-11-10-17(2)21(16-19)29(27,28)25-14-12-24(3)13-15-25/h5-11,16,20H,4,12-15H2,1-3H3,(H,23,26)/t20-/m0/s1. The predicted octanol–water partition coefficient (Wildman–Crippen LogP) is 2.81. The van der Waals surface area contributed by atoms with Gasteiger partial charge in [-0.3, -0.25) is 4.79 Å². The van der Waals surface area contributed by atoms with E-state index in [1.807, 2.05) is 44.3 Å². The number of aryl methyl sites for hydroxylation is 1. The van der Waals surface area contributed by atoms with Crippen LogP contribution in [0.2, 0.25) is 0 Å². The SMILES string of the molecule is CC[C@H](NC(=O)c1ccc(C)c(S(=O)(=O)N2CCN(C)CC2)c1)c1ccccc1. The molecule has 6 nitrogen and oxygen atoms in total. The minimum Gasteiger partial charge on any atom is -0.345 e. The molecule has 0 radical (unpaired) electrons. The fourth-order valence-corrected chi connectivity index (χ4v) is 5.21. The summed E-state index contributed by atoms with van der Waals surface area (Å²) in [7, 11) is -1.65. The van der Waals surface area contributed by atoms with Crippen molar-refractivity contribution >= 4 is 15.9 Å². The lowest BCUT2D eigenvalue weighted by Gasteiger charge is -2.32. The topological polar surface area (TPSA) is 69.7 Å². The first kappa shape index (κ1) is 21.5. The Kier molecular flexibility index (Phi) is 6.72. The summed E-state index contributed by atoms with van der Waals surface area (Å²) in [4.78, 5) is 15.2. The quantitative estimate of drug-likeness (QED) is 0.788. The van der Waals surface area contributed by atoms with E-state index < -0.39 is 10.0 Å². The molecule has 2 aromatic rings. The molecular weight excluding hydrogens is 386 g/mol. The molecule has 0 saturated carbocycles. The van der Waals surface area contributed by atoms with Crippen molar-refractivity contribution in [2.45, 2.75) is 31.2 Å². The van der Waals surface area contributed by atoms with Crippen LogP contribution in [0.1, 0.15) is 40.9 Å². The van der Waals surface area contributed by atoms with Gasteiger partial charge in [0.1, 0.15) is 0 Å². The molecule has 1 fully saturated rings. The van der Waals surface area contributed by atoms with Crippen LogP contribution in [0.3, 0.4) is 0 Å². The van der Waals surface area contributed by atoms with Gasteiger partial charge in [0.15, 0.2) is 0 Å². The molecule has 1 N–H and O–H groups in total. The molecule has 156 valence electrons. The fourth-order valence-electron chi connectivity index (χ4n) is 3.53. The molecule has 7 heteroatoms. The lowest BCUT2D eigenvalue weighted by atomic mass is 10.0. The zero-order valence-electron chi connectivity index (χ0n) is 17.3. The molecule has 1 saturated heterocycles. The van der Waals surface area contributed by atoms with Crippen molar-refractivity contribution in [1.29, 1.82) is 0 Å². The highest BCUT2D eigenvalue weighted by molar-refractivity contribution is 7.89. The summed E-state index contributed by atoms with van der Waals surface area (Å²) in [6.07, 6.45) is 0.744. The fraction of sp³-hybridized carbons (Fsp3) is 0.409. The van der Waals surface area contributed by atoms with Gasteiger partial charge in [-0.1, -0.05) is 43.3 Å². The predicted molar refractivity (Wildman–Crippen MR) is 114 cm³/mol. The number of piperazine rings is 1. The van der Waals surface area contributed by atoms with E-state index in [1.165, 1.54) is 10.4 Å². The van der Waals surface area contributed by atoms with Gasteiger partial charge in [-0.25, -0.2) is 8.42 Å². The Morgan fingerprint density at radius 2 is 1.72 bits per heavy atom. The zero-order valence-corrected chi connectivity index (χ0v) is 18.1. The third-order valence-electron chi connectivity index (χ3n) is 5.45. The summed E-state index contributed by atoms with van der Waals surface area (Å²) in [5, 5.41) is 3.03. The van der Waals surface area contributed by atoms with Gasteiger partial charge < -0.3 is 10.2 Å². The van der Waals surface area contributed by atoms with E-state index in [2.05, 4.69) is 10.2 Å². The number of likely N-dealkylation sites (N-methyl/N-ethyl adjacent to an activating group) is 1. The van der Waals surface area contributed by atoms with Crippen molar-refractivity contribution < 1.29 is 13.2 Å². The molecule has 1 aliphatic heterocycles. The number of hydrogen-bond donors (Lipinski definition) is 1. The number of carbonyl (C=O) groups excluding carboxylic acids is 1. The Bertz CT molecular complexity index is 953. The molecule has 1 atom stereocenters. The molecule has 1 amide bonds. The van der Waals surface area contributed by atoms with Crippen LogP contribution < -0.4 is 5.32 Å². The number of hydrogen-bond acceptors (Lipinski definition) is 4. The van der Waals surface area contributed by atoms with Crippen molar-refractivity contribution in [1.82, 2.24) is 14.5 Å². The molecule has 1 heterocycles. The summed E-state index contributed by atoms with van der Waals surface area (Å²) >= 11 is 0. The minimum absolute atomic E-state index is 0.123. The van der Waals surface area contributed by atoms with E-state index >= 15 is 0 Å². The molecule has 0 aromatic heterocycles. The van der Waals surface area contributed by atoms with Gasteiger partial charge in [-0.2, -0.15) is 4.31 Å². The Labute approximate surface area is 173 Å². The van der Waals surface area contributed by atoms with E-state index in [1.54, 1.807) is 19.1 Å². The molecule has 29 heavy (non-hydrogen) atoms. The number of sulfonamides is 1. The third kappa shape index (κ3) is 4.86. The van der Waals surface area contributed by atoms with Gasteiger partial charge in [0.25, 0.3) is 5.91 Å². The molecule has 0 aliphatic carbocycles. The van der Waals surface area contributed by atoms with Crippen LogP contribution in [-0.4, -0.2) is 56.8 Å². The Balaban J connectivity index is 1.83. The molecule has 1 aliphatic rings. The lowest BCUT2D eigenvalue weighted by Crippen LogP contribution is -2.47. The monoisotopic (exact) mass is 415 g/mol. The van der Waals surface area contributed by atoms with Crippen LogP contribution in [0.15, 0.2) is 53.4 Å². The summed E-state index contributed by atoms with van der Waals surface area (Å²) in [6, 6.07) is 14.6. The second-order valence-electron chi connectivity index (χ2n) is 7.53. The molecule has 0 spiro atoms. The Morgan fingerprint density at radius 3 is 2.34 bits per heavy atom. The highest BCUT2D eigenvalue weighted by atomic mass is 32.2. The van der Waals surface area contributed by atoms with Crippen LogP contribution in [0.5, 0.6) is 0 Å². The molecule has 0 unspecified atom stereocenters. The lowest BCUT2D eigenvalue weighted by molar-refractivity contribution is 0.0935. The van der Waals surface area contributed by atoms with Gasteiger partial charge in [0, 0.05) is 31.7 Å². The number of nitrogens with one attached hydrogen (secondary N) is 1.